The maximum Gasteiger partial charge on any atom is 2.00 e. The van der Waals surface area contributed by atoms with Crippen LogP contribution in [0.1, 0.15) is 31.8 Å². The number of carbonyl (C=O) groups is 2. The van der Waals surface area contributed by atoms with Gasteiger partial charge in [0.1, 0.15) is 6.61 Å². The second-order valence-corrected chi connectivity index (χ2v) is 5.88. The van der Waals surface area contributed by atoms with Crippen molar-refractivity contribution in [3.8, 4) is 0 Å². The normalized spacial score (nSPS) is 12.1. The third kappa shape index (κ3) is 4.00. The molecule has 3 aromatic rings. The Bertz CT molecular complexity index is 970. The van der Waals surface area contributed by atoms with Crippen molar-refractivity contribution < 1.29 is 33.9 Å². The van der Waals surface area contributed by atoms with Gasteiger partial charge in [0.05, 0.1) is 11.1 Å². The van der Waals surface area contributed by atoms with E-state index < -0.39 is 11.8 Å². The number of carbonyl (C=O) groups excluding carboxylic acids is 2. The van der Waals surface area contributed by atoms with Crippen molar-refractivity contribution >= 4 is 22.6 Å². The van der Waals surface area contributed by atoms with Crippen LogP contribution in [0.25, 0.3) is 10.8 Å². The number of benzene rings is 3. The van der Waals surface area contributed by atoms with Gasteiger partial charge in [-0.1, -0.05) is 48.5 Å². The fourth-order valence-electron chi connectivity index (χ4n) is 3.07. The summed E-state index contributed by atoms with van der Waals surface area (Å²) in [6, 6.07) is 18.7. The molecular weight excluding hydrogens is 392 g/mol. The predicted octanol–water partition coefficient (Wildman–Crippen LogP) is 4.77. The van der Waals surface area contributed by atoms with Crippen molar-refractivity contribution in [2.24, 2.45) is 0 Å². The molecule has 0 bridgehead atoms. The number of hydrogen-bond donors (Lipinski definition) is 0. The van der Waals surface area contributed by atoms with Crippen LogP contribution in [0, 0.1) is 21.8 Å². The van der Waals surface area contributed by atoms with Gasteiger partial charge in [0.25, 0.3) is 11.8 Å². The third-order valence-corrected chi connectivity index (χ3v) is 4.15. The van der Waals surface area contributed by atoms with E-state index in [9.17, 15) is 9.59 Å². The number of rotatable bonds is 3. The molecule has 0 saturated heterocycles. The van der Waals surface area contributed by atoms with Gasteiger partial charge in [-0.25, -0.2) is 0 Å². The second kappa shape index (κ2) is 9.03. The zero-order valence-electron chi connectivity index (χ0n) is 15.9. The van der Waals surface area contributed by atoms with E-state index in [0.717, 1.165) is 21.6 Å². The fourth-order valence-corrected chi connectivity index (χ4v) is 3.07. The average molecular weight is 413 g/mol. The predicted molar refractivity (Wildman–Crippen MR) is 103 cm³/mol. The Hall–Kier alpha value is -2.36. The molecule has 0 aromatic heterocycles. The number of imide groups is 1. The van der Waals surface area contributed by atoms with E-state index in [1.165, 1.54) is 0 Å². The number of nitrogens with zero attached hydrogens (tertiary/aromatic N) is 1. The second-order valence-electron chi connectivity index (χ2n) is 5.88. The molecule has 1 heterocycles. The van der Waals surface area contributed by atoms with Crippen LogP contribution in [0.2, 0.25) is 0 Å². The van der Waals surface area contributed by atoms with Crippen LogP contribution in [0.15, 0.2) is 60.7 Å². The smallest absolute Gasteiger partial charge is 0.358 e. The van der Waals surface area contributed by atoms with Gasteiger partial charge < -0.3 is 14.9 Å². The van der Waals surface area contributed by atoms with Gasteiger partial charge in [0.15, 0.2) is 0 Å². The van der Waals surface area contributed by atoms with Crippen molar-refractivity contribution in [3.63, 3.8) is 0 Å². The molecule has 4 rings (SSSR count). The number of amides is 2. The molecule has 3 aromatic carbocycles. The van der Waals surface area contributed by atoms with E-state index >= 15 is 0 Å². The first-order chi connectivity index (χ1) is 11.6. The van der Waals surface area contributed by atoms with Crippen LogP contribution in [-0.2, 0) is 30.9 Å². The van der Waals surface area contributed by atoms with Crippen LogP contribution in [-0.4, -0.2) is 16.9 Å². The van der Waals surface area contributed by atoms with Crippen molar-refractivity contribution in [2.75, 3.05) is 0 Å². The molecule has 4 nitrogen and oxygen atoms in total. The van der Waals surface area contributed by atoms with Crippen molar-refractivity contribution in [2.45, 2.75) is 13.5 Å². The first-order valence-corrected chi connectivity index (χ1v) is 7.74. The monoisotopic (exact) mass is 411 g/mol. The Kier molecular flexibility index (Phi) is 7.59. The molecule has 0 unspecified atom stereocenters. The van der Waals surface area contributed by atoms with Crippen LogP contribution in [0.3, 0.4) is 0 Å². The van der Waals surface area contributed by atoms with E-state index in [4.69, 9.17) is 4.84 Å². The molecule has 134 valence electrons. The standard InChI is InChI=1S/C20H15NO3.2CH3.Zn/c1-13-10-15-8-5-9-16-18(15)17(11-13)20(23)21(19(16)22)24-12-14-6-3-2-4-7-14;;;/h2-11H,12H2,1H3;2*1H3;/q;2*-1;+2. The van der Waals surface area contributed by atoms with Crippen molar-refractivity contribution in [1.82, 2.24) is 5.06 Å². The minimum atomic E-state index is -0.419. The molecule has 0 radical (unpaired) electrons. The summed E-state index contributed by atoms with van der Waals surface area (Å²) >= 11 is 0. The van der Waals surface area contributed by atoms with E-state index in [-0.39, 0.29) is 40.9 Å². The summed E-state index contributed by atoms with van der Waals surface area (Å²) < 4.78 is 0. The summed E-state index contributed by atoms with van der Waals surface area (Å²) in [5.41, 5.74) is 2.87. The van der Waals surface area contributed by atoms with Crippen LogP contribution >= 0.6 is 0 Å². The molecule has 0 aliphatic carbocycles. The molecular formula is C22H21NO3Zn. The van der Waals surface area contributed by atoms with Gasteiger partial charge in [-0.05, 0) is 35.6 Å². The fraction of sp³-hybridized carbons (Fsp3) is 0.0909. The molecule has 0 atom stereocenters. The van der Waals surface area contributed by atoms with Crippen LogP contribution in [0.4, 0.5) is 0 Å². The number of aryl methyl sites for hydroxylation is 1. The SMILES string of the molecule is Cc1cc2c3c(cccc3c1)C(=O)N(OCc1ccccc1)C2=O.[CH3-].[CH3-].[Zn+2]. The van der Waals surface area contributed by atoms with Gasteiger partial charge in [0, 0.05) is 5.39 Å². The Balaban J connectivity index is 0.00000121. The summed E-state index contributed by atoms with van der Waals surface area (Å²) in [7, 11) is 0. The molecule has 0 saturated carbocycles. The summed E-state index contributed by atoms with van der Waals surface area (Å²) in [4.78, 5) is 31.0. The van der Waals surface area contributed by atoms with Gasteiger partial charge in [-0.15, -0.1) is 5.06 Å². The molecule has 0 spiro atoms. The maximum absolute atomic E-state index is 12.8. The molecule has 1 aliphatic rings. The van der Waals surface area contributed by atoms with Gasteiger partial charge in [-0.2, -0.15) is 0 Å². The largest absolute Gasteiger partial charge is 2.00 e. The molecule has 2 amide bonds. The molecule has 0 N–H and O–H groups in total. The Morgan fingerprint density at radius 3 is 2.22 bits per heavy atom. The van der Waals surface area contributed by atoms with Gasteiger partial charge >= 0.3 is 19.5 Å². The maximum atomic E-state index is 12.8. The van der Waals surface area contributed by atoms with Gasteiger partial charge in [0.2, 0.25) is 0 Å². The van der Waals surface area contributed by atoms with E-state index in [0.29, 0.717) is 16.5 Å². The van der Waals surface area contributed by atoms with Crippen LogP contribution < -0.4 is 0 Å². The quantitative estimate of drug-likeness (QED) is 0.353. The minimum Gasteiger partial charge on any atom is -0.358 e. The zero-order valence-corrected chi connectivity index (χ0v) is 18.8. The molecule has 1 aliphatic heterocycles. The third-order valence-electron chi connectivity index (χ3n) is 4.15. The molecule has 5 heteroatoms. The first-order valence-electron chi connectivity index (χ1n) is 7.74. The summed E-state index contributed by atoms with van der Waals surface area (Å²) in [5, 5.41) is 2.48. The Morgan fingerprint density at radius 2 is 1.52 bits per heavy atom. The topological polar surface area (TPSA) is 46.6 Å². The Morgan fingerprint density at radius 1 is 0.852 bits per heavy atom. The number of hydrogen-bond acceptors (Lipinski definition) is 3. The summed E-state index contributed by atoms with van der Waals surface area (Å²) in [6.45, 7) is 2.09. The van der Waals surface area contributed by atoms with Crippen LogP contribution in [0.5, 0.6) is 0 Å². The van der Waals surface area contributed by atoms with Crippen molar-refractivity contribution in [1.29, 1.82) is 0 Å². The van der Waals surface area contributed by atoms with E-state index in [2.05, 4.69) is 0 Å². The Labute approximate surface area is 172 Å². The molecule has 0 fully saturated rings. The average Bonchev–Trinajstić information content (AvgIpc) is 2.60. The summed E-state index contributed by atoms with van der Waals surface area (Å²) in [6.07, 6.45) is 0. The summed E-state index contributed by atoms with van der Waals surface area (Å²) in [5.74, 6) is -0.832. The number of hydroxylamine groups is 2. The van der Waals surface area contributed by atoms with Crippen molar-refractivity contribution in [3.05, 3.63) is 97.8 Å². The first kappa shape index (κ1) is 22.7. The van der Waals surface area contributed by atoms with E-state index in [1.807, 2.05) is 55.5 Å². The van der Waals surface area contributed by atoms with Gasteiger partial charge in [-0.3, -0.25) is 14.4 Å². The zero-order chi connectivity index (χ0) is 16.7. The molecule has 27 heavy (non-hydrogen) atoms. The minimum absolute atomic E-state index is 0. The van der Waals surface area contributed by atoms with E-state index in [1.54, 1.807) is 12.1 Å².